The Morgan fingerprint density at radius 1 is 1.14 bits per heavy atom. The van der Waals surface area contributed by atoms with Crippen LogP contribution in [0.2, 0.25) is 0 Å². The Hall–Kier alpha value is -2.95. The van der Waals surface area contributed by atoms with Crippen LogP contribution in [0, 0.1) is 6.92 Å². The molecule has 0 fully saturated rings. The van der Waals surface area contributed by atoms with Crippen LogP contribution in [0.1, 0.15) is 16.1 Å². The molecular weight excluding hydrogens is 278 g/mol. The fraction of sp³-hybridized carbons (Fsp3) is 0.118. The van der Waals surface area contributed by atoms with Crippen LogP contribution in [-0.2, 0) is 0 Å². The lowest BCUT2D eigenvalue weighted by molar-refractivity contribution is 0.102. The molecule has 22 heavy (non-hydrogen) atoms. The van der Waals surface area contributed by atoms with Crippen molar-refractivity contribution in [2.24, 2.45) is 0 Å². The number of nitrogens with zero attached hydrogens (tertiary/aromatic N) is 2. The molecule has 0 saturated carbocycles. The molecule has 2 heterocycles. The predicted molar refractivity (Wildman–Crippen MR) is 85.2 cm³/mol. The molecule has 0 saturated heterocycles. The number of nitrogens with one attached hydrogen (secondary N) is 1. The average Bonchev–Trinajstić information content (AvgIpc) is 2.54. The number of rotatable bonds is 3. The van der Waals surface area contributed by atoms with Crippen molar-refractivity contribution in [2.45, 2.75) is 6.92 Å². The first-order valence-electron chi connectivity index (χ1n) is 6.84. The highest BCUT2D eigenvalue weighted by atomic mass is 16.5. The van der Waals surface area contributed by atoms with Crippen molar-refractivity contribution in [1.82, 2.24) is 9.97 Å². The van der Waals surface area contributed by atoms with Crippen LogP contribution in [-0.4, -0.2) is 23.0 Å². The van der Waals surface area contributed by atoms with Crippen LogP contribution in [0.5, 0.6) is 5.75 Å². The van der Waals surface area contributed by atoms with Crippen molar-refractivity contribution >= 4 is 22.5 Å². The monoisotopic (exact) mass is 293 g/mol. The van der Waals surface area contributed by atoms with Crippen molar-refractivity contribution < 1.29 is 9.53 Å². The van der Waals surface area contributed by atoms with E-state index in [2.05, 4.69) is 15.3 Å². The first-order chi connectivity index (χ1) is 10.7. The zero-order valence-corrected chi connectivity index (χ0v) is 12.3. The minimum absolute atomic E-state index is 0.186. The van der Waals surface area contributed by atoms with Crippen LogP contribution in [0.15, 0.2) is 48.8 Å². The maximum atomic E-state index is 12.4. The molecular formula is C17H15N3O2. The molecule has 2 aromatic heterocycles. The van der Waals surface area contributed by atoms with Gasteiger partial charge < -0.3 is 10.1 Å². The number of pyridine rings is 2. The van der Waals surface area contributed by atoms with Crippen molar-refractivity contribution in [3.05, 3.63) is 60.0 Å². The Kier molecular flexibility index (Phi) is 3.70. The summed E-state index contributed by atoms with van der Waals surface area (Å²) in [4.78, 5) is 20.8. The molecule has 1 N–H and O–H groups in total. The molecule has 0 spiro atoms. The maximum absolute atomic E-state index is 12.4. The van der Waals surface area contributed by atoms with E-state index in [1.165, 1.54) is 0 Å². The lowest BCUT2D eigenvalue weighted by atomic mass is 10.1. The first kappa shape index (κ1) is 14.0. The van der Waals surface area contributed by atoms with Gasteiger partial charge in [-0.1, -0.05) is 0 Å². The number of benzene rings is 1. The predicted octanol–water partition coefficient (Wildman–Crippen LogP) is 3.20. The number of fused-ring (bicyclic) bond motifs is 1. The number of aromatic nitrogens is 2. The molecule has 0 bridgehead atoms. The largest absolute Gasteiger partial charge is 0.497 e. The van der Waals surface area contributed by atoms with Crippen LogP contribution < -0.4 is 10.1 Å². The molecule has 1 aromatic carbocycles. The summed E-state index contributed by atoms with van der Waals surface area (Å²) in [7, 11) is 1.62. The highest BCUT2D eigenvalue weighted by Gasteiger charge is 2.12. The molecule has 0 radical (unpaired) electrons. The highest BCUT2D eigenvalue weighted by Crippen LogP contribution is 2.22. The third kappa shape index (κ3) is 2.74. The van der Waals surface area contributed by atoms with Gasteiger partial charge in [0.2, 0.25) is 0 Å². The van der Waals surface area contributed by atoms with Crippen molar-refractivity contribution in [2.75, 3.05) is 12.4 Å². The number of methoxy groups -OCH3 is 1. The quantitative estimate of drug-likeness (QED) is 0.805. The van der Waals surface area contributed by atoms with Crippen LogP contribution in [0.3, 0.4) is 0 Å². The van der Waals surface area contributed by atoms with E-state index in [0.29, 0.717) is 16.9 Å². The van der Waals surface area contributed by atoms with Gasteiger partial charge in [-0.3, -0.25) is 14.8 Å². The number of carbonyl (C=O) groups is 1. The van der Waals surface area contributed by atoms with Crippen molar-refractivity contribution in [3.8, 4) is 5.75 Å². The number of anilines is 1. The Labute approximate surface area is 128 Å². The first-order valence-corrected chi connectivity index (χ1v) is 6.84. The molecule has 5 heteroatoms. The molecule has 110 valence electrons. The number of carbonyl (C=O) groups excluding carboxylic acids is 1. The van der Waals surface area contributed by atoms with Gasteiger partial charge in [0.1, 0.15) is 5.75 Å². The minimum Gasteiger partial charge on any atom is -0.497 e. The van der Waals surface area contributed by atoms with E-state index in [4.69, 9.17) is 4.74 Å². The van der Waals surface area contributed by atoms with Gasteiger partial charge in [0.05, 0.1) is 23.9 Å². The van der Waals surface area contributed by atoms with Gasteiger partial charge in [0.25, 0.3) is 5.91 Å². The van der Waals surface area contributed by atoms with Gasteiger partial charge in [-0.25, -0.2) is 0 Å². The Balaban J connectivity index is 1.96. The van der Waals surface area contributed by atoms with E-state index in [1.807, 2.05) is 31.2 Å². The van der Waals surface area contributed by atoms with Crippen LogP contribution >= 0.6 is 0 Å². The summed E-state index contributed by atoms with van der Waals surface area (Å²) < 4.78 is 5.19. The fourth-order valence-electron chi connectivity index (χ4n) is 2.23. The Bertz CT molecular complexity index is 832. The minimum atomic E-state index is -0.186. The molecule has 1 amide bonds. The van der Waals surface area contributed by atoms with E-state index in [-0.39, 0.29) is 5.91 Å². The van der Waals surface area contributed by atoms with Crippen LogP contribution in [0.4, 0.5) is 5.69 Å². The van der Waals surface area contributed by atoms with E-state index in [1.54, 1.807) is 31.6 Å². The summed E-state index contributed by atoms with van der Waals surface area (Å²) in [6, 6.07) is 10.9. The van der Waals surface area contributed by atoms with Gasteiger partial charge in [-0.15, -0.1) is 0 Å². The number of aryl methyl sites for hydroxylation is 1. The number of amides is 1. The normalized spacial score (nSPS) is 10.5. The highest BCUT2D eigenvalue weighted by molar-refractivity contribution is 6.06. The van der Waals surface area contributed by atoms with E-state index in [0.717, 1.165) is 16.7 Å². The second-order valence-electron chi connectivity index (χ2n) is 4.87. The van der Waals surface area contributed by atoms with Crippen molar-refractivity contribution in [3.63, 3.8) is 0 Å². The lowest BCUT2D eigenvalue weighted by Gasteiger charge is -2.09. The van der Waals surface area contributed by atoms with Crippen LogP contribution in [0.25, 0.3) is 10.9 Å². The number of hydrogen-bond donors (Lipinski definition) is 1. The number of hydrogen-bond acceptors (Lipinski definition) is 4. The molecule has 0 unspecified atom stereocenters. The summed E-state index contributed by atoms with van der Waals surface area (Å²) >= 11 is 0. The van der Waals surface area contributed by atoms with Gasteiger partial charge in [0, 0.05) is 29.5 Å². The molecule has 0 aliphatic rings. The van der Waals surface area contributed by atoms with Gasteiger partial charge in [-0.05, 0) is 37.3 Å². The second-order valence-corrected chi connectivity index (χ2v) is 4.87. The molecule has 0 aliphatic carbocycles. The van der Waals surface area contributed by atoms with Gasteiger partial charge in [0.15, 0.2) is 0 Å². The zero-order chi connectivity index (χ0) is 15.5. The molecule has 0 aliphatic heterocycles. The van der Waals surface area contributed by atoms with E-state index in [9.17, 15) is 4.79 Å². The summed E-state index contributed by atoms with van der Waals surface area (Å²) in [6.45, 7) is 1.82. The average molecular weight is 293 g/mol. The van der Waals surface area contributed by atoms with E-state index < -0.39 is 0 Å². The fourth-order valence-corrected chi connectivity index (χ4v) is 2.23. The van der Waals surface area contributed by atoms with Gasteiger partial charge >= 0.3 is 0 Å². The Morgan fingerprint density at radius 3 is 2.64 bits per heavy atom. The SMILES string of the molecule is COc1ccc2cc(C(=O)Nc3ccncc3)c(C)nc2c1. The lowest BCUT2D eigenvalue weighted by Crippen LogP contribution is -2.14. The molecule has 3 rings (SSSR count). The zero-order valence-electron chi connectivity index (χ0n) is 12.3. The molecule has 3 aromatic rings. The summed E-state index contributed by atoms with van der Waals surface area (Å²) in [5.41, 5.74) is 2.73. The number of ether oxygens (including phenoxy) is 1. The summed E-state index contributed by atoms with van der Waals surface area (Å²) in [5, 5.41) is 3.74. The van der Waals surface area contributed by atoms with Gasteiger partial charge in [-0.2, -0.15) is 0 Å². The third-order valence-electron chi connectivity index (χ3n) is 3.40. The second kappa shape index (κ2) is 5.81. The van der Waals surface area contributed by atoms with Crippen molar-refractivity contribution in [1.29, 1.82) is 0 Å². The smallest absolute Gasteiger partial charge is 0.257 e. The standard InChI is InChI=1S/C17H15N3O2/c1-11-15(17(21)20-13-5-7-18-8-6-13)9-12-3-4-14(22-2)10-16(12)19-11/h3-10H,1-2H3,(H,18,20,21). The Morgan fingerprint density at radius 2 is 1.91 bits per heavy atom. The third-order valence-corrected chi connectivity index (χ3v) is 3.40. The summed E-state index contributed by atoms with van der Waals surface area (Å²) in [5.74, 6) is 0.558. The summed E-state index contributed by atoms with van der Waals surface area (Å²) in [6.07, 6.45) is 3.26. The topological polar surface area (TPSA) is 64.1 Å². The van der Waals surface area contributed by atoms with E-state index >= 15 is 0 Å². The molecule has 0 atom stereocenters. The molecule has 5 nitrogen and oxygen atoms in total. The maximum Gasteiger partial charge on any atom is 0.257 e.